The fourth-order valence-corrected chi connectivity index (χ4v) is 3.02. The highest BCUT2D eigenvalue weighted by molar-refractivity contribution is 5.51. The molecule has 1 atom stereocenters. The van der Waals surface area contributed by atoms with E-state index in [1.807, 2.05) is 6.07 Å². The molecule has 1 aromatic heterocycles. The van der Waals surface area contributed by atoms with Crippen LogP contribution in [0.1, 0.15) is 30.0 Å². The molecule has 2 heterocycles. The van der Waals surface area contributed by atoms with Crippen LogP contribution in [-0.2, 0) is 0 Å². The summed E-state index contributed by atoms with van der Waals surface area (Å²) < 4.78 is 0. The summed E-state index contributed by atoms with van der Waals surface area (Å²) >= 11 is 0. The van der Waals surface area contributed by atoms with Gasteiger partial charge in [0.2, 0.25) is 0 Å². The molecule has 1 fully saturated rings. The number of hydrogen-bond donors (Lipinski definition) is 1. The Morgan fingerprint density at radius 1 is 1.14 bits per heavy atom. The molecule has 3 rings (SSSR count). The number of anilines is 1. The minimum absolute atomic E-state index is 0.317. The Hall–Kier alpha value is -2.38. The van der Waals surface area contributed by atoms with Crippen LogP contribution in [0.15, 0.2) is 48.7 Å². The van der Waals surface area contributed by atoms with E-state index in [9.17, 15) is 5.26 Å². The van der Waals surface area contributed by atoms with E-state index in [0.29, 0.717) is 17.4 Å². The second-order valence-corrected chi connectivity index (χ2v) is 5.56. The Morgan fingerprint density at radius 2 is 1.91 bits per heavy atom. The molecule has 1 unspecified atom stereocenters. The van der Waals surface area contributed by atoms with Crippen molar-refractivity contribution in [1.82, 2.24) is 9.88 Å². The van der Waals surface area contributed by atoms with Crippen molar-refractivity contribution in [3.63, 3.8) is 0 Å². The van der Waals surface area contributed by atoms with Gasteiger partial charge in [-0.1, -0.05) is 30.3 Å². The summed E-state index contributed by atoms with van der Waals surface area (Å²) in [6, 6.07) is 16.7. The van der Waals surface area contributed by atoms with E-state index in [4.69, 9.17) is 0 Å². The molecule has 112 valence electrons. The van der Waals surface area contributed by atoms with Gasteiger partial charge in [-0.25, -0.2) is 4.98 Å². The topological polar surface area (TPSA) is 52.0 Å². The van der Waals surface area contributed by atoms with Gasteiger partial charge in [0.15, 0.2) is 0 Å². The maximum Gasteiger partial charge on any atom is 0.143 e. The zero-order valence-corrected chi connectivity index (χ0v) is 12.6. The molecule has 22 heavy (non-hydrogen) atoms. The van der Waals surface area contributed by atoms with Crippen molar-refractivity contribution in [3.05, 3.63) is 59.8 Å². The van der Waals surface area contributed by atoms with Crippen molar-refractivity contribution in [3.8, 4) is 6.07 Å². The quantitative estimate of drug-likeness (QED) is 0.919. The van der Waals surface area contributed by atoms with Crippen molar-refractivity contribution >= 4 is 5.82 Å². The third-order valence-electron chi connectivity index (χ3n) is 4.16. The summed E-state index contributed by atoms with van der Waals surface area (Å²) in [4.78, 5) is 6.80. The van der Waals surface area contributed by atoms with Crippen molar-refractivity contribution in [2.75, 3.05) is 25.0 Å². The largest absolute Gasteiger partial charge is 0.367 e. The van der Waals surface area contributed by atoms with Crippen LogP contribution in [0.4, 0.5) is 5.82 Å². The van der Waals surface area contributed by atoms with E-state index in [1.165, 1.54) is 18.4 Å². The van der Waals surface area contributed by atoms with Crippen LogP contribution in [0.2, 0.25) is 0 Å². The second kappa shape index (κ2) is 7.06. The molecule has 0 saturated carbocycles. The number of likely N-dealkylation sites (tertiary alicyclic amines) is 1. The molecular formula is C18H20N4. The predicted molar refractivity (Wildman–Crippen MR) is 87.4 cm³/mol. The number of hydrogen-bond acceptors (Lipinski definition) is 4. The zero-order chi connectivity index (χ0) is 15.2. The van der Waals surface area contributed by atoms with E-state index in [2.05, 4.69) is 45.5 Å². The van der Waals surface area contributed by atoms with Crippen LogP contribution in [0.3, 0.4) is 0 Å². The second-order valence-electron chi connectivity index (χ2n) is 5.56. The lowest BCUT2D eigenvalue weighted by Crippen LogP contribution is -2.31. The summed E-state index contributed by atoms with van der Waals surface area (Å²) in [5.41, 5.74) is 1.90. The predicted octanol–water partition coefficient (Wildman–Crippen LogP) is 3.20. The van der Waals surface area contributed by atoms with Gasteiger partial charge in [-0.3, -0.25) is 4.90 Å². The molecule has 1 saturated heterocycles. The molecule has 4 heteroatoms. The van der Waals surface area contributed by atoms with E-state index >= 15 is 0 Å². The number of benzene rings is 1. The highest BCUT2D eigenvalue weighted by atomic mass is 15.2. The number of nitrogens with one attached hydrogen (secondary N) is 1. The van der Waals surface area contributed by atoms with Gasteiger partial charge >= 0.3 is 0 Å². The average Bonchev–Trinajstić information content (AvgIpc) is 3.11. The fraction of sp³-hybridized carbons (Fsp3) is 0.333. The summed E-state index contributed by atoms with van der Waals surface area (Å²) in [5.74, 6) is 0.671. The lowest BCUT2D eigenvalue weighted by Gasteiger charge is -2.28. The lowest BCUT2D eigenvalue weighted by molar-refractivity contribution is 0.256. The number of aromatic nitrogens is 1. The number of pyridine rings is 1. The van der Waals surface area contributed by atoms with Gasteiger partial charge in [0.1, 0.15) is 11.9 Å². The maximum atomic E-state index is 9.17. The maximum absolute atomic E-state index is 9.17. The normalized spacial score (nSPS) is 16.1. The SMILES string of the molecule is N#Cc1cccnc1NCC(c1ccccc1)N1CCCC1. The third-order valence-corrected chi connectivity index (χ3v) is 4.16. The van der Waals surface area contributed by atoms with Crippen LogP contribution in [-0.4, -0.2) is 29.5 Å². The molecule has 4 nitrogen and oxygen atoms in total. The summed E-state index contributed by atoms with van der Waals surface area (Å²) in [6.45, 7) is 3.03. The number of rotatable bonds is 5. The van der Waals surface area contributed by atoms with E-state index in [1.54, 1.807) is 18.3 Å². The van der Waals surface area contributed by atoms with Crippen LogP contribution in [0.5, 0.6) is 0 Å². The first-order chi connectivity index (χ1) is 10.9. The molecule has 1 aliphatic rings. The van der Waals surface area contributed by atoms with Crippen molar-refractivity contribution in [2.45, 2.75) is 18.9 Å². The molecule has 0 bridgehead atoms. The molecular weight excluding hydrogens is 272 g/mol. The van der Waals surface area contributed by atoms with Gasteiger partial charge < -0.3 is 5.32 Å². The fourth-order valence-electron chi connectivity index (χ4n) is 3.02. The molecule has 2 aromatic rings. The first kappa shape index (κ1) is 14.6. The van der Waals surface area contributed by atoms with Gasteiger partial charge in [0, 0.05) is 12.7 Å². The van der Waals surface area contributed by atoms with Crippen LogP contribution in [0, 0.1) is 11.3 Å². The Bertz CT molecular complexity index is 642. The van der Waals surface area contributed by atoms with Crippen LogP contribution >= 0.6 is 0 Å². The standard InChI is InChI=1S/C18H20N4/c19-13-16-9-6-10-20-18(16)21-14-17(22-11-4-5-12-22)15-7-2-1-3-8-15/h1-3,6-10,17H,4-5,11-12,14H2,(H,20,21). The molecule has 0 spiro atoms. The minimum atomic E-state index is 0.317. The highest BCUT2D eigenvalue weighted by Crippen LogP contribution is 2.25. The van der Waals surface area contributed by atoms with Gasteiger partial charge in [0.25, 0.3) is 0 Å². The molecule has 1 aliphatic heterocycles. The molecule has 0 amide bonds. The van der Waals surface area contributed by atoms with Gasteiger partial charge in [-0.05, 0) is 43.6 Å². The molecule has 1 N–H and O–H groups in total. The smallest absolute Gasteiger partial charge is 0.143 e. The van der Waals surface area contributed by atoms with Crippen molar-refractivity contribution in [2.24, 2.45) is 0 Å². The number of nitrogens with zero attached hydrogens (tertiary/aromatic N) is 3. The Morgan fingerprint density at radius 3 is 2.64 bits per heavy atom. The van der Waals surface area contributed by atoms with Gasteiger partial charge in [-0.15, -0.1) is 0 Å². The van der Waals surface area contributed by atoms with Crippen molar-refractivity contribution < 1.29 is 0 Å². The molecule has 0 aliphatic carbocycles. The Balaban J connectivity index is 1.77. The van der Waals surface area contributed by atoms with Gasteiger partial charge in [-0.2, -0.15) is 5.26 Å². The third kappa shape index (κ3) is 3.26. The highest BCUT2D eigenvalue weighted by Gasteiger charge is 2.23. The lowest BCUT2D eigenvalue weighted by atomic mass is 10.1. The van der Waals surface area contributed by atoms with E-state index in [-0.39, 0.29) is 0 Å². The van der Waals surface area contributed by atoms with E-state index in [0.717, 1.165) is 19.6 Å². The summed E-state index contributed by atoms with van der Waals surface area (Å²) in [6.07, 6.45) is 4.24. The van der Waals surface area contributed by atoms with Crippen LogP contribution in [0.25, 0.3) is 0 Å². The van der Waals surface area contributed by atoms with Gasteiger partial charge in [0.05, 0.1) is 11.6 Å². The Kier molecular flexibility index (Phi) is 4.67. The monoisotopic (exact) mass is 292 g/mol. The van der Waals surface area contributed by atoms with Crippen LogP contribution < -0.4 is 5.32 Å². The minimum Gasteiger partial charge on any atom is -0.367 e. The molecule has 1 aromatic carbocycles. The molecule has 0 radical (unpaired) electrons. The summed E-state index contributed by atoms with van der Waals surface area (Å²) in [7, 11) is 0. The Labute approximate surface area is 131 Å². The van der Waals surface area contributed by atoms with Crippen molar-refractivity contribution in [1.29, 1.82) is 5.26 Å². The first-order valence-corrected chi connectivity index (χ1v) is 7.76. The summed E-state index contributed by atoms with van der Waals surface area (Å²) in [5, 5.41) is 12.5. The number of nitriles is 1. The zero-order valence-electron chi connectivity index (χ0n) is 12.6. The first-order valence-electron chi connectivity index (χ1n) is 7.76. The average molecular weight is 292 g/mol. The van der Waals surface area contributed by atoms with E-state index < -0.39 is 0 Å².